The molecule has 2 heterocycles. The Morgan fingerprint density at radius 2 is 2.11 bits per heavy atom. The monoisotopic (exact) mass is 500 g/mol. The Morgan fingerprint density at radius 1 is 1.37 bits per heavy atom. The lowest BCUT2D eigenvalue weighted by molar-refractivity contribution is -0.143. The van der Waals surface area contributed by atoms with E-state index in [4.69, 9.17) is 0 Å². The maximum Gasteiger partial charge on any atom is 0.401 e. The molecule has 7 nitrogen and oxygen atoms in total. The Morgan fingerprint density at radius 3 is 2.74 bits per heavy atom. The zero-order valence-corrected chi connectivity index (χ0v) is 17.3. The average molecular weight is 500 g/mol. The summed E-state index contributed by atoms with van der Waals surface area (Å²) < 4.78 is 37.3. The summed E-state index contributed by atoms with van der Waals surface area (Å²) in [5.74, 6) is 0.279. The minimum Gasteiger partial charge on any atom is -0.355 e. The molecule has 2 rings (SSSR count). The predicted octanol–water partition coefficient (Wildman–Crippen LogP) is 1.23. The van der Waals surface area contributed by atoms with Crippen LogP contribution in [0.1, 0.15) is 16.8 Å². The molecule has 1 unspecified atom stereocenters. The van der Waals surface area contributed by atoms with Crippen LogP contribution in [0, 0.1) is 0 Å². The molecule has 0 bridgehead atoms. The summed E-state index contributed by atoms with van der Waals surface area (Å²) in [5, 5.41) is 8.89. The predicted molar refractivity (Wildman–Crippen MR) is 107 cm³/mol. The van der Waals surface area contributed by atoms with Crippen LogP contribution in [0.3, 0.4) is 0 Å². The number of likely N-dealkylation sites (tertiary alicyclic amines) is 1. The second kappa shape index (κ2) is 11.3. The Bertz CT molecular complexity index is 614. The zero-order valence-electron chi connectivity index (χ0n) is 14.9. The highest BCUT2D eigenvalue weighted by Crippen LogP contribution is 2.19. The van der Waals surface area contributed by atoms with Crippen molar-refractivity contribution >= 4 is 35.8 Å². The quantitative estimate of drug-likeness (QED) is 0.237. The van der Waals surface area contributed by atoms with Crippen LogP contribution in [0.2, 0.25) is 0 Å². The van der Waals surface area contributed by atoms with E-state index >= 15 is 0 Å². The molecule has 0 radical (unpaired) electrons. The van der Waals surface area contributed by atoms with Crippen LogP contribution in [0.15, 0.2) is 29.5 Å². The average Bonchev–Trinajstić information content (AvgIpc) is 3.03. The third kappa shape index (κ3) is 8.73. The fraction of sp³-hybridized carbons (Fsp3) is 0.562. The fourth-order valence-electron chi connectivity index (χ4n) is 2.69. The summed E-state index contributed by atoms with van der Waals surface area (Å²) in [7, 11) is 1.59. The molecule has 0 aliphatic carbocycles. The number of guanidine groups is 1. The van der Waals surface area contributed by atoms with Gasteiger partial charge in [-0.15, -0.1) is 24.0 Å². The van der Waals surface area contributed by atoms with E-state index in [0.29, 0.717) is 44.1 Å². The number of amides is 1. The third-order valence-electron chi connectivity index (χ3n) is 3.87. The highest BCUT2D eigenvalue weighted by atomic mass is 127. The molecule has 11 heteroatoms. The first kappa shape index (κ1) is 23.4. The van der Waals surface area contributed by atoms with Crippen molar-refractivity contribution in [1.82, 2.24) is 25.8 Å². The van der Waals surface area contributed by atoms with Crippen LogP contribution in [0.4, 0.5) is 13.2 Å². The first-order chi connectivity index (χ1) is 12.4. The number of halogens is 4. The number of nitrogens with one attached hydrogen (secondary N) is 3. The van der Waals surface area contributed by atoms with E-state index in [1.807, 2.05) is 0 Å². The first-order valence-electron chi connectivity index (χ1n) is 8.32. The molecule has 1 aliphatic rings. The lowest BCUT2D eigenvalue weighted by Gasteiger charge is -2.19. The molecule has 0 aromatic carbocycles. The summed E-state index contributed by atoms with van der Waals surface area (Å²) in [4.78, 5) is 21.2. The summed E-state index contributed by atoms with van der Waals surface area (Å²) in [6, 6.07) is 3.26. The lowest BCUT2D eigenvalue weighted by atomic mass is 10.3. The Hall–Kier alpha value is -1.63. The summed E-state index contributed by atoms with van der Waals surface area (Å²) in [5.41, 5.74) is 0.478. The van der Waals surface area contributed by atoms with Gasteiger partial charge in [-0.2, -0.15) is 13.2 Å². The first-order valence-corrected chi connectivity index (χ1v) is 8.32. The van der Waals surface area contributed by atoms with E-state index in [1.54, 1.807) is 25.4 Å². The molecule has 1 aromatic heterocycles. The van der Waals surface area contributed by atoms with Crippen molar-refractivity contribution in [3.8, 4) is 0 Å². The largest absolute Gasteiger partial charge is 0.401 e. The van der Waals surface area contributed by atoms with Crippen LogP contribution in [-0.4, -0.2) is 73.7 Å². The van der Waals surface area contributed by atoms with Crippen molar-refractivity contribution in [2.75, 3.05) is 39.8 Å². The number of pyridine rings is 1. The van der Waals surface area contributed by atoms with E-state index in [-0.39, 0.29) is 35.9 Å². The molecular formula is C16H24F3IN6O. The molecule has 1 atom stereocenters. The number of hydrogen-bond acceptors (Lipinski definition) is 4. The van der Waals surface area contributed by atoms with Gasteiger partial charge in [0.15, 0.2) is 5.96 Å². The van der Waals surface area contributed by atoms with Gasteiger partial charge in [-0.25, -0.2) is 0 Å². The Balaban J connectivity index is 0.00000364. The summed E-state index contributed by atoms with van der Waals surface area (Å²) in [6.45, 7) is 0.634. The summed E-state index contributed by atoms with van der Waals surface area (Å²) >= 11 is 0. The van der Waals surface area contributed by atoms with Crippen molar-refractivity contribution in [2.45, 2.75) is 18.6 Å². The van der Waals surface area contributed by atoms with Crippen molar-refractivity contribution in [3.05, 3.63) is 30.1 Å². The Labute approximate surface area is 173 Å². The molecule has 1 aromatic rings. The van der Waals surface area contributed by atoms with Gasteiger partial charge >= 0.3 is 6.18 Å². The van der Waals surface area contributed by atoms with E-state index in [1.165, 1.54) is 11.1 Å². The van der Waals surface area contributed by atoms with Crippen molar-refractivity contribution < 1.29 is 18.0 Å². The fourth-order valence-corrected chi connectivity index (χ4v) is 2.69. The lowest BCUT2D eigenvalue weighted by Crippen LogP contribution is -2.47. The number of nitrogens with zero attached hydrogens (tertiary/aromatic N) is 3. The van der Waals surface area contributed by atoms with Crippen LogP contribution < -0.4 is 16.0 Å². The number of aliphatic imine (C=N–C) groups is 1. The molecule has 1 fully saturated rings. The zero-order chi connectivity index (χ0) is 19.0. The van der Waals surface area contributed by atoms with Crippen molar-refractivity contribution in [2.24, 2.45) is 4.99 Å². The number of carbonyl (C=O) groups is 1. The minimum absolute atomic E-state index is 0. The van der Waals surface area contributed by atoms with E-state index < -0.39 is 12.7 Å². The maximum absolute atomic E-state index is 12.4. The summed E-state index contributed by atoms with van der Waals surface area (Å²) in [6.07, 6.45) is -0.487. The van der Waals surface area contributed by atoms with Gasteiger partial charge in [0.25, 0.3) is 5.91 Å². The van der Waals surface area contributed by atoms with Gasteiger partial charge in [-0.05, 0) is 18.6 Å². The molecule has 1 saturated heterocycles. The van der Waals surface area contributed by atoms with Crippen LogP contribution in [0.5, 0.6) is 0 Å². The van der Waals surface area contributed by atoms with Gasteiger partial charge in [0, 0.05) is 51.7 Å². The second-order valence-electron chi connectivity index (χ2n) is 5.98. The Kier molecular flexibility index (Phi) is 9.77. The van der Waals surface area contributed by atoms with E-state index in [2.05, 4.69) is 25.9 Å². The van der Waals surface area contributed by atoms with E-state index in [9.17, 15) is 18.0 Å². The molecule has 152 valence electrons. The number of carbonyl (C=O) groups excluding carboxylic acids is 1. The smallest absolute Gasteiger partial charge is 0.355 e. The molecule has 1 aliphatic heterocycles. The number of hydrogen-bond donors (Lipinski definition) is 3. The van der Waals surface area contributed by atoms with E-state index in [0.717, 1.165) is 0 Å². The van der Waals surface area contributed by atoms with Crippen LogP contribution in [-0.2, 0) is 0 Å². The molecule has 1 amide bonds. The molecule has 3 N–H and O–H groups in total. The minimum atomic E-state index is -4.18. The van der Waals surface area contributed by atoms with Crippen LogP contribution >= 0.6 is 24.0 Å². The second-order valence-corrected chi connectivity index (χ2v) is 5.98. The molecule has 0 saturated carbocycles. The van der Waals surface area contributed by atoms with Gasteiger partial charge in [-0.1, -0.05) is 0 Å². The van der Waals surface area contributed by atoms with Crippen molar-refractivity contribution in [1.29, 1.82) is 0 Å². The molecule has 27 heavy (non-hydrogen) atoms. The standard InChI is InChI=1S/C16H23F3N6O.HI/c1-20-15(24-13-4-8-25(10-13)11-16(17,18)19)23-7-6-22-14(26)12-3-2-5-21-9-12;/h2-3,5,9,13H,4,6-8,10-11H2,1H3,(H,22,26)(H2,20,23,24);1H. The number of rotatable bonds is 6. The molecule has 0 spiro atoms. The maximum atomic E-state index is 12.4. The third-order valence-corrected chi connectivity index (χ3v) is 3.87. The number of alkyl halides is 3. The van der Waals surface area contributed by atoms with Gasteiger partial charge in [0.1, 0.15) is 0 Å². The topological polar surface area (TPSA) is 81.6 Å². The normalized spacial score (nSPS) is 17.9. The highest BCUT2D eigenvalue weighted by Gasteiger charge is 2.34. The van der Waals surface area contributed by atoms with Gasteiger partial charge < -0.3 is 16.0 Å². The SMILES string of the molecule is CN=C(NCCNC(=O)c1cccnc1)NC1CCN(CC(F)(F)F)C1.I. The van der Waals surface area contributed by atoms with Gasteiger partial charge in [-0.3, -0.25) is 19.7 Å². The van der Waals surface area contributed by atoms with Gasteiger partial charge in [0.2, 0.25) is 0 Å². The number of aromatic nitrogens is 1. The highest BCUT2D eigenvalue weighted by molar-refractivity contribution is 14.0. The van der Waals surface area contributed by atoms with Crippen LogP contribution in [0.25, 0.3) is 0 Å². The molecular weight excluding hydrogens is 476 g/mol. The van der Waals surface area contributed by atoms with Gasteiger partial charge in [0.05, 0.1) is 12.1 Å². The van der Waals surface area contributed by atoms with Crippen molar-refractivity contribution in [3.63, 3.8) is 0 Å².